The second-order valence-electron chi connectivity index (χ2n) is 5.02. The van der Waals surface area contributed by atoms with Gasteiger partial charge in [0.25, 0.3) is 0 Å². The van der Waals surface area contributed by atoms with Crippen LogP contribution in [0.5, 0.6) is 0 Å². The van der Waals surface area contributed by atoms with Crippen molar-refractivity contribution < 1.29 is 17.9 Å². The number of nitrogen functional groups attached to an aromatic ring is 1. The molecule has 1 heterocycles. The van der Waals surface area contributed by atoms with Crippen LogP contribution in [0.3, 0.4) is 0 Å². The van der Waals surface area contributed by atoms with E-state index in [0.717, 1.165) is 17.6 Å². The van der Waals surface area contributed by atoms with Crippen molar-refractivity contribution in [3.05, 3.63) is 4.88 Å². The maximum absolute atomic E-state index is 11.9. The van der Waals surface area contributed by atoms with Gasteiger partial charge in [0.1, 0.15) is 14.8 Å². The molecule has 20 heavy (non-hydrogen) atoms. The third-order valence-electron chi connectivity index (χ3n) is 2.61. The number of anilines is 2. The van der Waals surface area contributed by atoms with Gasteiger partial charge in [-0.15, -0.1) is 11.3 Å². The molecule has 0 unspecified atom stereocenters. The molecule has 0 fully saturated rings. The molecule has 0 aliphatic carbocycles. The van der Waals surface area contributed by atoms with E-state index in [1.54, 1.807) is 11.9 Å². The molecule has 1 rings (SSSR count). The van der Waals surface area contributed by atoms with Gasteiger partial charge < -0.3 is 15.4 Å². The highest BCUT2D eigenvalue weighted by molar-refractivity contribution is 7.91. The Morgan fingerprint density at radius 1 is 1.45 bits per heavy atom. The van der Waals surface area contributed by atoms with Crippen LogP contribution in [-0.2, 0) is 14.6 Å². The van der Waals surface area contributed by atoms with Crippen LogP contribution in [0.25, 0.3) is 0 Å². The molecule has 1 aromatic heterocycles. The van der Waals surface area contributed by atoms with Crippen LogP contribution in [-0.4, -0.2) is 41.3 Å². The molecule has 0 aromatic carbocycles. The van der Waals surface area contributed by atoms with Gasteiger partial charge in [-0.05, 0) is 5.92 Å². The number of methoxy groups -OCH3 is 1. The number of sulfone groups is 1. The lowest BCUT2D eigenvalue weighted by Gasteiger charge is -2.20. The second kappa shape index (κ2) is 6.01. The van der Waals surface area contributed by atoms with Crippen LogP contribution in [0, 0.1) is 5.92 Å². The monoisotopic (exact) mass is 320 g/mol. The highest BCUT2D eigenvalue weighted by Gasteiger charge is 2.29. The molecule has 6 nitrogen and oxygen atoms in total. The van der Waals surface area contributed by atoms with Crippen LogP contribution in [0.1, 0.15) is 23.5 Å². The van der Waals surface area contributed by atoms with E-state index < -0.39 is 15.8 Å². The number of carbonyl (C=O) groups excluding carboxylic acids is 1. The summed E-state index contributed by atoms with van der Waals surface area (Å²) < 4.78 is 28.5. The van der Waals surface area contributed by atoms with Gasteiger partial charge in [-0.3, -0.25) is 0 Å². The Labute approximate surface area is 123 Å². The normalized spacial score (nSPS) is 11.7. The third kappa shape index (κ3) is 3.43. The van der Waals surface area contributed by atoms with Gasteiger partial charge in [-0.2, -0.15) is 0 Å². The fourth-order valence-electron chi connectivity index (χ4n) is 1.90. The molecule has 0 atom stereocenters. The van der Waals surface area contributed by atoms with E-state index in [2.05, 4.69) is 4.74 Å². The van der Waals surface area contributed by atoms with E-state index in [0.29, 0.717) is 17.5 Å². The number of hydrogen-bond acceptors (Lipinski definition) is 7. The Hall–Kier alpha value is -1.28. The lowest BCUT2D eigenvalue weighted by Crippen LogP contribution is -2.23. The summed E-state index contributed by atoms with van der Waals surface area (Å²) in [6.45, 7) is 4.70. The molecule has 1 aromatic rings. The van der Waals surface area contributed by atoms with Crippen LogP contribution < -0.4 is 10.6 Å². The average Bonchev–Trinajstić information content (AvgIpc) is 2.64. The van der Waals surface area contributed by atoms with Gasteiger partial charge in [0.05, 0.1) is 12.8 Å². The molecule has 0 spiro atoms. The zero-order valence-corrected chi connectivity index (χ0v) is 13.9. The van der Waals surface area contributed by atoms with Crippen molar-refractivity contribution in [2.75, 3.05) is 37.6 Å². The van der Waals surface area contributed by atoms with Gasteiger partial charge in [-0.1, -0.05) is 13.8 Å². The smallest absolute Gasteiger partial charge is 0.350 e. The number of esters is 1. The first kappa shape index (κ1) is 16.8. The van der Waals surface area contributed by atoms with Gasteiger partial charge in [-0.25, -0.2) is 13.2 Å². The SMILES string of the molecule is COC(=O)c1sc(N(C)CC(C)C)c(S(C)(=O)=O)c1N. The molecular formula is C12H20N2O4S2. The Kier molecular flexibility index (Phi) is 5.04. The number of thiophene rings is 1. The minimum atomic E-state index is -3.53. The topological polar surface area (TPSA) is 89.7 Å². The highest BCUT2D eigenvalue weighted by Crippen LogP contribution is 2.41. The maximum Gasteiger partial charge on any atom is 0.350 e. The summed E-state index contributed by atoms with van der Waals surface area (Å²) in [5.41, 5.74) is 5.81. The van der Waals surface area contributed by atoms with Crippen molar-refractivity contribution in [1.82, 2.24) is 0 Å². The van der Waals surface area contributed by atoms with E-state index in [9.17, 15) is 13.2 Å². The highest BCUT2D eigenvalue weighted by atomic mass is 32.2. The first-order chi connectivity index (χ1) is 9.09. The average molecular weight is 320 g/mol. The summed E-state index contributed by atoms with van der Waals surface area (Å²) in [4.78, 5) is 13.6. The molecule has 114 valence electrons. The molecule has 0 aliphatic rings. The van der Waals surface area contributed by atoms with Gasteiger partial charge in [0, 0.05) is 19.8 Å². The van der Waals surface area contributed by atoms with Crippen LogP contribution in [0.2, 0.25) is 0 Å². The van der Waals surface area contributed by atoms with Crippen molar-refractivity contribution in [3.8, 4) is 0 Å². The summed E-state index contributed by atoms with van der Waals surface area (Å²) in [6, 6.07) is 0. The molecule has 0 amide bonds. The largest absolute Gasteiger partial charge is 0.465 e. The summed E-state index contributed by atoms with van der Waals surface area (Å²) in [7, 11) is -0.516. The number of ether oxygens (including phenoxy) is 1. The Balaban J connectivity index is 3.46. The third-order valence-corrected chi connectivity index (χ3v) is 5.19. The Morgan fingerprint density at radius 2 is 2.00 bits per heavy atom. The number of rotatable bonds is 5. The van der Waals surface area contributed by atoms with E-state index in [1.807, 2.05) is 13.8 Å². The van der Waals surface area contributed by atoms with Crippen LogP contribution in [0.15, 0.2) is 4.90 Å². The minimum absolute atomic E-state index is 0.00560. The summed E-state index contributed by atoms with van der Waals surface area (Å²) in [6.07, 6.45) is 1.08. The summed E-state index contributed by atoms with van der Waals surface area (Å²) in [5.74, 6) is -0.279. The van der Waals surface area contributed by atoms with E-state index in [1.165, 1.54) is 7.11 Å². The Bertz CT molecular complexity index is 605. The predicted octanol–water partition coefficient (Wildman–Crippen LogP) is 1.61. The van der Waals surface area contributed by atoms with Crippen molar-refractivity contribution in [2.24, 2.45) is 5.92 Å². The number of hydrogen-bond donors (Lipinski definition) is 1. The van der Waals surface area contributed by atoms with E-state index >= 15 is 0 Å². The molecule has 0 saturated heterocycles. The molecule has 2 N–H and O–H groups in total. The summed E-state index contributed by atoms with van der Waals surface area (Å²) >= 11 is 1.04. The van der Waals surface area contributed by atoms with E-state index in [4.69, 9.17) is 5.73 Å². The molecule has 0 saturated carbocycles. The molecule has 8 heteroatoms. The van der Waals surface area contributed by atoms with Crippen molar-refractivity contribution >= 4 is 37.8 Å². The summed E-state index contributed by atoms with van der Waals surface area (Å²) in [5, 5.41) is 0.471. The number of nitrogens with zero attached hydrogens (tertiary/aromatic N) is 1. The second-order valence-corrected chi connectivity index (χ2v) is 7.97. The molecular weight excluding hydrogens is 300 g/mol. The van der Waals surface area contributed by atoms with Crippen molar-refractivity contribution in [1.29, 1.82) is 0 Å². The van der Waals surface area contributed by atoms with Gasteiger partial charge >= 0.3 is 5.97 Å². The standard InChI is InChI=1S/C12H20N2O4S2/c1-7(2)6-14(3)11-10(20(5,16)17)8(13)9(19-11)12(15)18-4/h7H,6,13H2,1-5H3. The lowest BCUT2D eigenvalue weighted by atomic mass is 10.2. The zero-order chi connectivity index (χ0) is 15.7. The Morgan fingerprint density at radius 3 is 2.40 bits per heavy atom. The fourth-order valence-corrected chi connectivity index (χ4v) is 4.52. The molecule has 0 bridgehead atoms. The first-order valence-corrected chi connectivity index (χ1v) is 8.72. The van der Waals surface area contributed by atoms with Gasteiger partial charge in [0.15, 0.2) is 9.84 Å². The van der Waals surface area contributed by atoms with Crippen molar-refractivity contribution in [3.63, 3.8) is 0 Å². The van der Waals surface area contributed by atoms with E-state index in [-0.39, 0.29) is 15.5 Å². The fraction of sp³-hybridized carbons (Fsp3) is 0.583. The molecule has 0 aliphatic heterocycles. The lowest BCUT2D eigenvalue weighted by molar-refractivity contribution is 0.0607. The minimum Gasteiger partial charge on any atom is -0.465 e. The number of nitrogens with two attached hydrogens (primary N) is 1. The van der Waals surface area contributed by atoms with Crippen molar-refractivity contribution in [2.45, 2.75) is 18.7 Å². The van der Waals surface area contributed by atoms with Gasteiger partial charge in [0.2, 0.25) is 0 Å². The zero-order valence-electron chi connectivity index (χ0n) is 12.3. The molecule has 0 radical (unpaired) electrons. The van der Waals surface area contributed by atoms with Crippen LogP contribution >= 0.6 is 11.3 Å². The maximum atomic E-state index is 11.9. The van der Waals surface area contributed by atoms with Crippen LogP contribution in [0.4, 0.5) is 10.7 Å². The quantitative estimate of drug-likeness (QED) is 0.829. The first-order valence-electron chi connectivity index (χ1n) is 6.01. The number of carbonyl (C=O) groups is 1. The predicted molar refractivity (Wildman–Crippen MR) is 81.3 cm³/mol.